The van der Waals surface area contributed by atoms with Gasteiger partial charge in [0.15, 0.2) is 25.2 Å². The molecule has 4 fully saturated rings. The van der Waals surface area contributed by atoms with Crippen LogP contribution in [0.2, 0.25) is 0 Å². The first kappa shape index (κ1) is 42.4. The van der Waals surface area contributed by atoms with Crippen molar-refractivity contribution < 1.29 is 111 Å². The van der Waals surface area contributed by atoms with Crippen LogP contribution in [0.15, 0.2) is 0 Å². The van der Waals surface area contributed by atoms with Crippen LogP contribution in [0.25, 0.3) is 0 Å². The first-order valence-electron chi connectivity index (χ1n) is 15.6. The predicted molar refractivity (Wildman–Crippen MR) is 154 cm³/mol. The topological polar surface area (TPSA) is 380 Å². The molecule has 1 amide bonds. The first-order chi connectivity index (χ1) is 23.8. The largest absolute Gasteiger partial charge is 0.397 e. The summed E-state index contributed by atoms with van der Waals surface area (Å²) in [6.07, 6.45) is -35.5. The maximum atomic E-state index is 12.6. The van der Waals surface area contributed by atoms with E-state index in [-0.39, 0.29) is 0 Å². The van der Waals surface area contributed by atoms with Gasteiger partial charge in [0.25, 0.3) is 0 Å². The summed E-state index contributed by atoms with van der Waals surface area (Å²) in [7, 11) is -5.37. The van der Waals surface area contributed by atoms with Gasteiger partial charge in [-0.15, -0.1) is 0 Å². The first-order valence-corrected chi connectivity index (χ1v) is 17.0. The number of aliphatic hydroxyl groups excluding tert-OH is 11. The molecule has 4 heterocycles. The molecule has 25 heteroatoms. The molecule has 0 unspecified atom stereocenters. The Morgan fingerprint density at radius 2 is 1.12 bits per heavy atom. The molecule has 4 aliphatic rings. The molecule has 4 aliphatic heterocycles. The quantitative estimate of drug-likeness (QED) is 0.0819. The lowest BCUT2D eigenvalue weighted by atomic mass is 9.93. The third kappa shape index (κ3) is 9.47. The molecule has 0 aromatic rings. The average Bonchev–Trinajstić information content (AvgIpc) is 3.06. The summed E-state index contributed by atoms with van der Waals surface area (Å²) in [5.41, 5.74) is 0. The van der Waals surface area contributed by atoms with E-state index in [2.05, 4.69) is 9.50 Å². The maximum absolute atomic E-state index is 12.6. The van der Waals surface area contributed by atoms with Crippen molar-refractivity contribution in [3.8, 4) is 0 Å². The van der Waals surface area contributed by atoms with Gasteiger partial charge in [-0.05, 0) is 6.92 Å². The van der Waals surface area contributed by atoms with Crippen LogP contribution in [-0.2, 0) is 52.5 Å². The van der Waals surface area contributed by atoms with E-state index in [0.29, 0.717) is 0 Å². The second-order valence-corrected chi connectivity index (χ2v) is 13.4. The van der Waals surface area contributed by atoms with Crippen molar-refractivity contribution in [2.24, 2.45) is 0 Å². The lowest BCUT2D eigenvalue weighted by Crippen LogP contribution is -2.71. The van der Waals surface area contributed by atoms with Gasteiger partial charge in [-0.1, -0.05) is 0 Å². The normalized spacial score (nSPS) is 48.3. The second-order valence-electron chi connectivity index (χ2n) is 12.4. The van der Waals surface area contributed by atoms with Crippen molar-refractivity contribution in [2.45, 2.75) is 137 Å². The van der Waals surface area contributed by atoms with Crippen LogP contribution in [-0.4, -0.2) is 218 Å². The van der Waals surface area contributed by atoms with Crippen molar-refractivity contribution in [3.63, 3.8) is 0 Å². The van der Waals surface area contributed by atoms with E-state index in [1.54, 1.807) is 0 Å². The Bertz CT molecular complexity index is 1250. The Balaban J connectivity index is 1.77. The van der Waals surface area contributed by atoms with Gasteiger partial charge < -0.3 is 94.6 Å². The Morgan fingerprint density at radius 1 is 0.608 bits per heavy atom. The molecule has 0 aromatic heterocycles. The van der Waals surface area contributed by atoms with E-state index in [4.69, 9.17) is 33.2 Å². The van der Waals surface area contributed by atoms with Crippen molar-refractivity contribution in [3.05, 3.63) is 0 Å². The summed E-state index contributed by atoms with van der Waals surface area (Å²) >= 11 is 0. The van der Waals surface area contributed by atoms with Crippen LogP contribution < -0.4 is 5.32 Å². The summed E-state index contributed by atoms with van der Waals surface area (Å²) in [5, 5.41) is 117. The third-order valence-electron chi connectivity index (χ3n) is 8.77. The van der Waals surface area contributed by atoms with Gasteiger partial charge in [0, 0.05) is 6.92 Å². The molecule has 0 aliphatic carbocycles. The van der Waals surface area contributed by atoms with Crippen molar-refractivity contribution in [2.75, 3.05) is 19.8 Å². The fourth-order valence-electron chi connectivity index (χ4n) is 6.12. The smallest absolute Gasteiger partial charge is 0.394 e. The van der Waals surface area contributed by atoms with Crippen molar-refractivity contribution in [1.82, 2.24) is 5.32 Å². The van der Waals surface area contributed by atoms with Crippen LogP contribution in [0.1, 0.15) is 13.8 Å². The Hall–Kier alpha value is -1.38. The minimum absolute atomic E-state index is 0.851. The number of carbonyl (C=O) groups is 1. The van der Waals surface area contributed by atoms with Gasteiger partial charge in [-0.25, -0.2) is 4.18 Å². The second kappa shape index (κ2) is 17.4. The molecule has 51 heavy (non-hydrogen) atoms. The van der Waals surface area contributed by atoms with Crippen LogP contribution >= 0.6 is 0 Å². The Kier molecular flexibility index (Phi) is 14.4. The van der Waals surface area contributed by atoms with Gasteiger partial charge >= 0.3 is 10.4 Å². The number of nitrogens with one attached hydrogen (secondary N) is 1. The van der Waals surface area contributed by atoms with Crippen LogP contribution in [0.3, 0.4) is 0 Å². The fourth-order valence-corrected chi connectivity index (χ4v) is 6.63. The molecular weight excluding hydrogens is 726 g/mol. The van der Waals surface area contributed by atoms with Gasteiger partial charge in [-0.3, -0.25) is 9.35 Å². The monoisotopic (exact) mass is 771 g/mol. The number of ether oxygens (including phenoxy) is 7. The minimum atomic E-state index is -5.37. The van der Waals surface area contributed by atoms with E-state index in [9.17, 15) is 73.9 Å². The highest BCUT2D eigenvalue weighted by molar-refractivity contribution is 7.80. The minimum Gasteiger partial charge on any atom is -0.394 e. The molecule has 20 atom stereocenters. The molecule has 0 bridgehead atoms. The highest BCUT2D eigenvalue weighted by Gasteiger charge is 2.57. The van der Waals surface area contributed by atoms with Crippen LogP contribution in [0, 0.1) is 0 Å². The van der Waals surface area contributed by atoms with E-state index in [1.165, 1.54) is 6.92 Å². The van der Waals surface area contributed by atoms with Crippen LogP contribution in [0.4, 0.5) is 0 Å². The van der Waals surface area contributed by atoms with Crippen LogP contribution in [0.5, 0.6) is 0 Å². The molecule has 298 valence electrons. The van der Waals surface area contributed by atoms with E-state index in [1.807, 2.05) is 0 Å². The standard InChI is InChI=1S/C26H45NO23S/c1-6-12(32)15(35)16(36)25(43-6)47-19-10(5-30)46-24(49-21-13(33)8(3-28)44-23(39)17(21)37)11(27-7(2)31)20(19)48-26-18(38)22(50-51(40,41)42)14(34)9(4-29)45-26/h6,8-26,28-30,32-39H,3-5H2,1-2H3,(H,27,31)(H,40,41,42)/t6-,8-,9-,10-,11-,12+,13+,14+,15+,16-,17-,18-,19-,20-,21+,22+,23-,24+,25-,26+/m1/s1. The summed E-state index contributed by atoms with van der Waals surface area (Å²) in [5.74, 6) is -0.851. The summed E-state index contributed by atoms with van der Waals surface area (Å²) < 4.78 is 76.2. The summed E-state index contributed by atoms with van der Waals surface area (Å²) in [4.78, 5) is 12.6. The Morgan fingerprint density at radius 3 is 1.69 bits per heavy atom. The highest BCUT2D eigenvalue weighted by Crippen LogP contribution is 2.36. The number of amides is 1. The molecule has 0 spiro atoms. The summed E-state index contributed by atoms with van der Waals surface area (Å²) in [6.45, 7) is -0.603. The summed E-state index contributed by atoms with van der Waals surface area (Å²) in [6, 6.07) is -1.76. The lowest BCUT2D eigenvalue weighted by molar-refractivity contribution is -0.384. The van der Waals surface area contributed by atoms with E-state index < -0.39 is 159 Å². The molecule has 4 saturated heterocycles. The zero-order chi connectivity index (χ0) is 38.1. The Labute approximate surface area is 289 Å². The third-order valence-corrected chi connectivity index (χ3v) is 9.24. The van der Waals surface area contributed by atoms with Crippen molar-refractivity contribution >= 4 is 16.3 Å². The molecule has 0 aromatic carbocycles. The average molecular weight is 772 g/mol. The zero-order valence-corrected chi connectivity index (χ0v) is 27.8. The number of hydrogen-bond donors (Lipinski definition) is 13. The fraction of sp³-hybridized carbons (Fsp3) is 0.962. The molecule has 24 nitrogen and oxygen atoms in total. The highest BCUT2D eigenvalue weighted by atomic mass is 32.3. The lowest BCUT2D eigenvalue weighted by Gasteiger charge is -2.51. The maximum Gasteiger partial charge on any atom is 0.397 e. The zero-order valence-electron chi connectivity index (χ0n) is 26.9. The molecule has 4 rings (SSSR count). The van der Waals surface area contributed by atoms with Crippen molar-refractivity contribution in [1.29, 1.82) is 0 Å². The van der Waals surface area contributed by atoms with Gasteiger partial charge in [0.1, 0.15) is 91.5 Å². The molecular formula is C26H45NO23S. The van der Waals surface area contributed by atoms with E-state index in [0.717, 1.165) is 6.92 Å². The molecule has 13 N–H and O–H groups in total. The SMILES string of the molecule is CC(=O)N[C@H]1[C@H](O[C@@H]2[C@@H](O)[C@H](O)O[C@H](CO)[C@@H]2O)O[C@H](CO)[C@@H](O[C@H]2O[C@H](C)[C@H](O)[C@H](O)[C@H]2O)[C@@H]1O[C@@H]1O[C@H](CO)[C@H](O)[C@H](OS(=O)(=O)O)[C@H]1O. The number of aliphatic hydroxyl groups is 11. The number of hydrogen-bond acceptors (Lipinski definition) is 22. The van der Waals surface area contributed by atoms with Gasteiger partial charge in [0.05, 0.1) is 25.9 Å². The number of rotatable bonds is 12. The number of carbonyl (C=O) groups excluding carboxylic acids is 1. The van der Waals surface area contributed by atoms with Gasteiger partial charge in [-0.2, -0.15) is 8.42 Å². The van der Waals surface area contributed by atoms with Gasteiger partial charge in [0.2, 0.25) is 5.91 Å². The molecule has 0 radical (unpaired) electrons. The molecule has 0 saturated carbocycles. The van der Waals surface area contributed by atoms with E-state index >= 15 is 0 Å². The predicted octanol–water partition coefficient (Wildman–Crippen LogP) is -8.75.